The fourth-order valence-electron chi connectivity index (χ4n) is 2.65. The van der Waals surface area contributed by atoms with Gasteiger partial charge in [-0.25, -0.2) is 9.37 Å². The molecule has 1 aromatic carbocycles. The largest absolute Gasteiger partial charge is 0.369 e. The highest BCUT2D eigenvalue weighted by Gasteiger charge is 2.17. The third kappa shape index (κ3) is 2.88. The van der Waals surface area contributed by atoms with Crippen LogP contribution < -0.4 is 5.73 Å². The average Bonchev–Trinajstić information content (AvgIpc) is 2.69. The third-order valence-corrected chi connectivity index (χ3v) is 3.56. The average molecular weight is 263 g/mol. The maximum atomic E-state index is 13.2. The zero-order valence-corrected chi connectivity index (χ0v) is 11.7. The first-order valence-corrected chi connectivity index (χ1v) is 7.10. The first-order chi connectivity index (χ1) is 9.17. The first-order valence-electron chi connectivity index (χ1n) is 7.10. The summed E-state index contributed by atoms with van der Waals surface area (Å²) in [5.41, 5.74) is 7.62. The van der Waals surface area contributed by atoms with Gasteiger partial charge in [0.1, 0.15) is 5.82 Å². The van der Waals surface area contributed by atoms with Crippen LogP contribution in [0.15, 0.2) is 18.2 Å². The van der Waals surface area contributed by atoms with E-state index >= 15 is 0 Å². The van der Waals surface area contributed by atoms with Gasteiger partial charge in [-0.3, -0.25) is 0 Å². The number of halogens is 1. The van der Waals surface area contributed by atoms with Gasteiger partial charge in [0.25, 0.3) is 0 Å². The molecule has 0 spiro atoms. The molecule has 0 aliphatic rings. The highest BCUT2D eigenvalue weighted by atomic mass is 19.1. The second-order valence-corrected chi connectivity index (χ2v) is 5.06. The molecule has 1 aromatic heterocycles. The second-order valence-electron chi connectivity index (χ2n) is 5.06. The van der Waals surface area contributed by atoms with Crippen molar-refractivity contribution in [3.63, 3.8) is 0 Å². The molecule has 0 radical (unpaired) electrons. The van der Waals surface area contributed by atoms with Crippen molar-refractivity contribution in [3.05, 3.63) is 24.0 Å². The maximum Gasteiger partial charge on any atom is 0.201 e. The predicted molar refractivity (Wildman–Crippen MR) is 77.6 cm³/mol. The van der Waals surface area contributed by atoms with Gasteiger partial charge in [-0.05, 0) is 25.0 Å². The Morgan fingerprint density at radius 3 is 2.74 bits per heavy atom. The number of fused-ring (bicyclic) bond motifs is 1. The van der Waals surface area contributed by atoms with Crippen LogP contribution in [0.1, 0.15) is 52.0 Å². The number of benzene rings is 1. The lowest BCUT2D eigenvalue weighted by Gasteiger charge is -2.20. The summed E-state index contributed by atoms with van der Waals surface area (Å²) >= 11 is 0. The van der Waals surface area contributed by atoms with Crippen molar-refractivity contribution in [3.8, 4) is 0 Å². The Hall–Kier alpha value is -1.58. The number of hydrogen-bond acceptors (Lipinski definition) is 2. The van der Waals surface area contributed by atoms with Gasteiger partial charge >= 0.3 is 0 Å². The van der Waals surface area contributed by atoms with E-state index < -0.39 is 0 Å². The lowest BCUT2D eigenvalue weighted by atomic mass is 10.0. The summed E-state index contributed by atoms with van der Waals surface area (Å²) in [6.07, 6.45) is 5.62. The molecule has 2 rings (SSSR count). The Morgan fingerprint density at radius 1 is 1.26 bits per heavy atom. The minimum Gasteiger partial charge on any atom is -0.369 e. The van der Waals surface area contributed by atoms with Gasteiger partial charge in [-0.15, -0.1) is 0 Å². The van der Waals surface area contributed by atoms with Crippen molar-refractivity contribution >= 4 is 17.0 Å². The first kappa shape index (κ1) is 13.8. The molecule has 0 aliphatic heterocycles. The minimum atomic E-state index is -0.266. The van der Waals surface area contributed by atoms with Crippen LogP contribution in [-0.2, 0) is 0 Å². The van der Waals surface area contributed by atoms with Crippen LogP contribution in [0.3, 0.4) is 0 Å². The molecule has 0 bridgehead atoms. The zero-order chi connectivity index (χ0) is 13.8. The molecule has 3 nitrogen and oxygen atoms in total. The van der Waals surface area contributed by atoms with E-state index in [9.17, 15) is 4.39 Å². The molecule has 1 unspecified atom stereocenters. The van der Waals surface area contributed by atoms with Gasteiger partial charge in [0, 0.05) is 12.1 Å². The summed E-state index contributed by atoms with van der Waals surface area (Å²) in [6, 6.07) is 5.07. The Bertz CT molecular complexity index is 548. The number of nitrogens with two attached hydrogens (primary N) is 1. The topological polar surface area (TPSA) is 43.8 Å². The molecule has 19 heavy (non-hydrogen) atoms. The standard InChI is InChI=1S/C15H22FN3/c1-3-5-7-12(6-4-2)19-14-9-8-11(16)10-13(14)18-15(19)17/h8-10,12H,3-7H2,1-2H3,(H2,17,18). The van der Waals surface area contributed by atoms with E-state index in [1.54, 1.807) is 6.07 Å². The SMILES string of the molecule is CCCCC(CCC)n1c(N)nc2cc(F)ccc21. The van der Waals surface area contributed by atoms with E-state index in [1.165, 1.54) is 25.0 Å². The van der Waals surface area contributed by atoms with Gasteiger partial charge in [0.15, 0.2) is 0 Å². The van der Waals surface area contributed by atoms with E-state index in [4.69, 9.17) is 5.73 Å². The van der Waals surface area contributed by atoms with Crippen LogP contribution in [-0.4, -0.2) is 9.55 Å². The van der Waals surface area contributed by atoms with Crippen LogP contribution in [0.4, 0.5) is 10.3 Å². The molecule has 104 valence electrons. The van der Waals surface area contributed by atoms with E-state index in [-0.39, 0.29) is 5.82 Å². The van der Waals surface area contributed by atoms with E-state index in [1.807, 2.05) is 0 Å². The Balaban J connectivity index is 2.42. The van der Waals surface area contributed by atoms with Crippen molar-refractivity contribution in [2.24, 2.45) is 0 Å². The maximum absolute atomic E-state index is 13.2. The van der Waals surface area contributed by atoms with E-state index in [2.05, 4.69) is 23.4 Å². The van der Waals surface area contributed by atoms with Crippen LogP contribution in [0.2, 0.25) is 0 Å². The molecular weight excluding hydrogens is 241 g/mol. The lowest BCUT2D eigenvalue weighted by Crippen LogP contribution is -2.12. The molecule has 1 atom stereocenters. The highest BCUT2D eigenvalue weighted by molar-refractivity contribution is 5.78. The number of nitrogen functional groups attached to an aromatic ring is 1. The highest BCUT2D eigenvalue weighted by Crippen LogP contribution is 2.29. The van der Waals surface area contributed by atoms with Gasteiger partial charge < -0.3 is 10.3 Å². The van der Waals surface area contributed by atoms with Gasteiger partial charge in [-0.1, -0.05) is 33.1 Å². The molecule has 0 aliphatic carbocycles. The Kier molecular flexibility index (Phi) is 4.40. The van der Waals surface area contributed by atoms with Crippen molar-refractivity contribution in [2.75, 3.05) is 5.73 Å². The molecule has 0 amide bonds. The van der Waals surface area contributed by atoms with Gasteiger partial charge in [0.05, 0.1) is 11.0 Å². The molecule has 4 heteroatoms. The molecule has 0 saturated carbocycles. The zero-order valence-electron chi connectivity index (χ0n) is 11.7. The molecule has 2 aromatic rings. The molecule has 2 N–H and O–H groups in total. The number of nitrogens with zero attached hydrogens (tertiary/aromatic N) is 2. The molecule has 1 heterocycles. The monoisotopic (exact) mass is 263 g/mol. The van der Waals surface area contributed by atoms with Crippen molar-refractivity contribution in [1.82, 2.24) is 9.55 Å². The van der Waals surface area contributed by atoms with E-state index in [0.717, 1.165) is 24.8 Å². The fourth-order valence-corrected chi connectivity index (χ4v) is 2.65. The van der Waals surface area contributed by atoms with Crippen molar-refractivity contribution in [1.29, 1.82) is 0 Å². The second kappa shape index (κ2) is 6.04. The summed E-state index contributed by atoms with van der Waals surface area (Å²) in [5, 5.41) is 0. The normalized spacial score (nSPS) is 13.0. The summed E-state index contributed by atoms with van der Waals surface area (Å²) < 4.78 is 15.3. The predicted octanol–water partition coefficient (Wildman–Crippen LogP) is 4.29. The molecule has 0 fully saturated rings. The Morgan fingerprint density at radius 2 is 2.05 bits per heavy atom. The number of aromatic nitrogens is 2. The number of hydrogen-bond donors (Lipinski definition) is 1. The third-order valence-electron chi connectivity index (χ3n) is 3.56. The van der Waals surface area contributed by atoms with Crippen molar-refractivity contribution < 1.29 is 4.39 Å². The van der Waals surface area contributed by atoms with Crippen LogP contribution in [0.25, 0.3) is 11.0 Å². The van der Waals surface area contributed by atoms with Crippen LogP contribution in [0.5, 0.6) is 0 Å². The van der Waals surface area contributed by atoms with Crippen LogP contribution >= 0.6 is 0 Å². The minimum absolute atomic E-state index is 0.266. The van der Waals surface area contributed by atoms with Crippen molar-refractivity contribution in [2.45, 2.75) is 52.0 Å². The smallest absolute Gasteiger partial charge is 0.201 e. The summed E-state index contributed by atoms with van der Waals surface area (Å²) in [4.78, 5) is 4.29. The fraction of sp³-hybridized carbons (Fsp3) is 0.533. The van der Waals surface area contributed by atoms with Crippen LogP contribution in [0, 0.1) is 5.82 Å². The number of anilines is 1. The number of imidazole rings is 1. The number of unbranched alkanes of at least 4 members (excludes halogenated alkanes) is 1. The lowest BCUT2D eigenvalue weighted by molar-refractivity contribution is 0.430. The van der Waals surface area contributed by atoms with E-state index in [0.29, 0.717) is 17.5 Å². The summed E-state index contributed by atoms with van der Waals surface area (Å²) in [5.74, 6) is 0.230. The van der Waals surface area contributed by atoms with Gasteiger partial charge in [0.2, 0.25) is 5.95 Å². The van der Waals surface area contributed by atoms with Gasteiger partial charge in [-0.2, -0.15) is 0 Å². The molecule has 0 saturated heterocycles. The molecular formula is C15H22FN3. The quantitative estimate of drug-likeness (QED) is 0.845. The number of rotatable bonds is 6. The summed E-state index contributed by atoms with van der Waals surface area (Å²) in [6.45, 7) is 4.36. The summed E-state index contributed by atoms with van der Waals surface area (Å²) in [7, 11) is 0. The Labute approximate surface area is 113 Å².